The first-order valence-electron chi connectivity index (χ1n) is 4.60. The number of hydrogen-bond acceptors (Lipinski definition) is 2. The molecule has 0 aliphatic carbocycles. The number of nitro benzene ring substituents is 1. The van der Waals surface area contributed by atoms with E-state index in [0.717, 1.165) is 12.1 Å². The van der Waals surface area contributed by atoms with Crippen molar-refractivity contribution in [3.8, 4) is 0 Å². The van der Waals surface area contributed by atoms with Crippen LogP contribution in [-0.2, 0) is 0 Å². The Hall–Kier alpha value is -1.45. The maximum atomic E-state index is 12.2. The van der Waals surface area contributed by atoms with Gasteiger partial charge in [-0.15, -0.1) is 0 Å². The molecule has 0 aromatic heterocycles. The van der Waals surface area contributed by atoms with E-state index in [-0.39, 0.29) is 5.69 Å². The van der Waals surface area contributed by atoms with Crippen LogP contribution in [0, 0.1) is 15.9 Å². The molecular formula is C10H16FNO2. The van der Waals surface area contributed by atoms with Crippen LogP contribution in [-0.4, -0.2) is 4.92 Å². The summed E-state index contributed by atoms with van der Waals surface area (Å²) in [5.74, 6) is -0.589. The molecule has 0 saturated carbocycles. The van der Waals surface area contributed by atoms with Crippen LogP contribution in [0.25, 0.3) is 0 Å². The van der Waals surface area contributed by atoms with Gasteiger partial charge >= 0.3 is 0 Å². The van der Waals surface area contributed by atoms with Gasteiger partial charge in [-0.1, -0.05) is 33.8 Å². The fraction of sp³-hybridized carbons (Fsp3) is 0.400. The number of hydrogen-bond donors (Lipinski definition) is 0. The molecule has 0 bridgehead atoms. The molecule has 0 fully saturated rings. The molecule has 1 aromatic carbocycles. The highest BCUT2D eigenvalue weighted by atomic mass is 19.1. The average Bonchev–Trinajstić information content (AvgIpc) is 2.24. The second-order valence-electron chi connectivity index (χ2n) is 1.74. The van der Waals surface area contributed by atoms with Crippen molar-refractivity contribution in [2.75, 3.05) is 0 Å². The van der Waals surface area contributed by atoms with Crippen LogP contribution in [0.2, 0.25) is 0 Å². The van der Waals surface area contributed by atoms with Gasteiger partial charge in [0.2, 0.25) is 0 Å². The largest absolute Gasteiger partial charge is 0.272 e. The highest BCUT2D eigenvalue weighted by Crippen LogP contribution is 2.10. The molecule has 3 nitrogen and oxygen atoms in total. The van der Waals surface area contributed by atoms with Gasteiger partial charge in [-0.3, -0.25) is 10.1 Å². The van der Waals surface area contributed by atoms with Crippen molar-refractivity contribution in [3.63, 3.8) is 0 Å². The number of rotatable bonds is 1. The molecule has 14 heavy (non-hydrogen) atoms. The molecule has 0 heterocycles. The second-order valence-corrected chi connectivity index (χ2v) is 1.74. The summed E-state index contributed by atoms with van der Waals surface area (Å²) < 4.78 is 12.2. The molecule has 1 aromatic rings. The monoisotopic (exact) mass is 201 g/mol. The Kier molecular flexibility index (Phi) is 10.4. The molecule has 0 unspecified atom stereocenters. The Balaban J connectivity index is 0. The second kappa shape index (κ2) is 9.64. The summed E-state index contributed by atoms with van der Waals surface area (Å²) in [6, 6.07) is 4.57. The number of non-ortho nitro benzene ring substituents is 1. The van der Waals surface area contributed by atoms with Crippen molar-refractivity contribution in [2.45, 2.75) is 27.7 Å². The minimum absolute atomic E-state index is 0.222. The lowest BCUT2D eigenvalue weighted by Crippen LogP contribution is -1.87. The Labute approximate surface area is 83.7 Å². The number of nitrogens with zero attached hydrogens (tertiary/aromatic N) is 1. The summed E-state index contributed by atoms with van der Waals surface area (Å²) in [7, 11) is 0. The van der Waals surface area contributed by atoms with Gasteiger partial charge in [-0.2, -0.15) is 0 Å². The highest BCUT2D eigenvalue weighted by Gasteiger charge is 2.03. The summed E-state index contributed by atoms with van der Waals surface area (Å²) in [5.41, 5.74) is -0.222. The zero-order valence-corrected chi connectivity index (χ0v) is 8.95. The summed E-state index contributed by atoms with van der Waals surface area (Å²) in [6.45, 7) is 8.00. The van der Waals surface area contributed by atoms with Crippen molar-refractivity contribution < 1.29 is 9.31 Å². The van der Waals surface area contributed by atoms with E-state index in [2.05, 4.69) is 0 Å². The molecule has 0 atom stereocenters. The van der Waals surface area contributed by atoms with Crippen molar-refractivity contribution in [2.24, 2.45) is 0 Å². The minimum Gasteiger partial charge on any atom is -0.258 e. The maximum absolute atomic E-state index is 12.2. The van der Waals surface area contributed by atoms with Crippen molar-refractivity contribution in [1.82, 2.24) is 0 Å². The van der Waals surface area contributed by atoms with Crippen LogP contribution in [0.5, 0.6) is 0 Å². The molecule has 0 saturated heterocycles. The smallest absolute Gasteiger partial charge is 0.258 e. The van der Waals surface area contributed by atoms with Gasteiger partial charge in [0.05, 0.1) is 11.0 Å². The first kappa shape index (κ1) is 15.0. The molecule has 0 aliphatic rings. The zero-order valence-electron chi connectivity index (χ0n) is 8.95. The normalized spacial score (nSPS) is 7.50. The van der Waals surface area contributed by atoms with Crippen LogP contribution in [0.1, 0.15) is 27.7 Å². The van der Waals surface area contributed by atoms with Gasteiger partial charge in [0.25, 0.3) is 5.69 Å². The molecule has 0 aliphatic heterocycles. The Morgan fingerprint density at radius 3 is 2.00 bits per heavy atom. The van der Waals surface area contributed by atoms with Gasteiger partial charge in [0.15, 0.2) is 0 Å². The van der Waals surface area contributed by atoms with Crippen LogP contribution in [0.4, 0.5) is 10.1 Å². The Morgan fingerprint density at radius 2 is 1.71 bits per heavy atom. The van der Waals surface area contributed by atoms with E-state index < -0.39 is 10.7 Å². The van der Waals surface area contributed by atoms with Gasteiger partial charge < -0.3 is 0 Å². The number of nitro groups is 1. The predicted octanol–water partition coefficient (Wildman–Crippen LogP) is 3.79. The van der Waals surface area contributed by atoms with Crippen LogP contribution >= 0.6 is 0 Å². The lowest BCUT2D eigenvalue weighted by atomic mass is 10.3. The van der Waals surface area contributed by atoms with E-state index in [9.17, 15) is 14.5 Å². The molecule has 0 spiro atoms. The topological polar surface area (TPSA) is 43.1 Å². The molecule has 0 radical (unpaired) electrons. The highest BCUT2D eigenvalue weighted by molar-refractivity contribution is 5.29. The lowest BCUT2D eigenvalue weighted by molar-refractivity contribution is -0.385. The molecule has 0 N–H and O–H groups in total. The lowest BCUT2D eigenvalue weighted by Gasteiger charge is -1.88. The summed E-state index contributed by atoms with van der Waals surface area (Å²) in [6.07, 6.45) is 0. The average molecular weight is 201 g/mol. The molecule has 1 rings (SSSR count). The number of halogens is 1. The Bertz CT molecular complexity index is 264. The van der Waals surface area contributed by atoms with Crippen LogP contribution < -0.4 is 0 Å². The summed E-state index contributed by atoms with van der Waals surface area (Å²) in [4.78, 5) is 9.36. The third-order valence-corrected chi connectivity index (χ3v) is 1.02. The standard InChI is InChI=1S/C6H4FNO2.2C2H6/c7-5-2-1-3-6(4-5)8(9)10;2*1-2/h1-4H;2*1-2H3. The Morgan fingerprint density at radius 1 is 1.21 bits per heavy atom. The summed E-state index contributed by atoms with van der Waals surface area (Å²) in [5, 5.41) is 9.99. The SMILES string of the molecule is CC.CC.O=[N+]([O-])c1cccc(F)c1. The van der Waals surface area contributed by atoms with Crippen LogP contribution in [0.15, 0.2) is 24.3 Å². The zero-order chi connectivity index (χ0) is 11.6. The van der Waals surface area contributed by atoms with Crippen molar-refractivity contribution in [3.05, 3.63) is 40.2 Å². The predicted molar refractivity (Wildman–Crippen MR) is 55.8 cm³/mol. The third-order valence-electron chi connectivity index (χ3n) is 1.02. The van der Waals surface area contributed by atoms with Gasteiger partial charge in [0.1, 0.15) is 5.82 Å². The fourth-order valence-corrected chi connectivity index (χ4v) is 0.590. The maximum Gasteiger partial charge on any atom is 0.272 e. The minimum atomic E-state index is -0.636. The van der Waals surface area contributed by atoms with Crippen molar-refractivity contribution >= 4 is 5.69 Å². The van der Waals surface area contributed by atoms with E-state index in [1.807, 2.05) is 27.7 Å². The van der Waals surface area contributed by atoms with E-state index in [0.29, 0.717) is 0 Å². The third kappa shape index (κ3) is 6.11. The first-order chi connectivity index (χ1) is 6.70. The molecule has 0 amide bonds. The quantitative estimate of drug-likeness (QED) is 0.512. The number of benzene rings is 1. The molecular weight excluding hydrogens is 185 g/mol. The fourth-order valence-electron chi connectivity index (χ4n) is 0.590. The van der Waals surface area contributed by atoms with Crippen LogP contribution in [0.3, 0.4) is 0 Å². The van der Waals surface area contributed by atoms with Gasteiger partial charge in [-0.25, -0.2) is 4.39 Å². The molecule has 80 valence electrons. The van der Waals surface area contributed by atoms with Crippen molar-refractivity contribution in [1.29, 1.82) is 0 Å². The van der Waals surface area contributed by atoms with E-state index in [4.69, 9.17) is 0 Å². The van der Waals surface area contributed by atoms with E-state index in [1.165, 1.54) is 12.1 Å². The first-order valence-corrected chi connectivity index (χ1v) is 4.60. The summed E-state index contributed by atoms with van der Waals surface area (Å²) >= 11 is 0. The van der Waals surface area contributed by atoms with E-state index >= 15 is 0 Å². The molecule has 4 heteroatoms. The van der Waals surface area contributed by atoms with E-state index in [1.54, 1.807) is 0 Å². The van der Waals surface area contributed by atoms with Gasteiger partial charge in [0, 0.05) is 6.07 Å². The van der Waals surface area contributed by atoms with Gasteiger partial charge in [-0.05, 0) is 6.07 Å².